The second-order valence-electron chi connectivity index (χ2n) is 8.36. The van der Waals surface area contributed by atoms with Crippen molar-refractivity contribution < 1.29 is 13.2 Å². The number of pyridine rings is 1. The fraction of sp³-hybridized carbons (Fsp3) is 0.435. The molecule has 4 rings (SSSR count). The summed E-state index contributed by atoms with van der Waals surface area (Å²) in [6, 6.07) is 5.90. The van der Waals surface area contributed by atoms with Crippen molar-refractivity contribution in [3.8, 4) is 0 Å². The lowest BCUT2D eigenvalue weighted by atomic mass is 9.97. The first-order valence-electron chi connectivity index (χ1n) is 10.6. The van der Waals surface area contributed by atoms with Crippen LogP contribution in [0.1, 0.15) is 35.5 Å². The average molecular weight is 445 g/mol. The molecule has 1 aromatic carbocycles. The van der Waals surface area contributed by atoms with Gasteiger partial charge in [-0.3, -0.25) is 0 Å². The van der Waals surface area contributed by atoms with Crippen molar-refractivity contribution in [3.63, 3.8) is 0 Å². The first-order valence-corrected chi connectivity index (χ1v) is 10.6. The molecule has 1 N–H and O–H groups in total. The standard InChI is InChI=1S/C23H27F3N6/c1-14-18(6-5-7-20(14)23(24,25)26)15(2)28-22-19-12-17(32-10-8-31(4)9-11-32)13-27-21(19)29-16(3)30-22/h5-7,12-13,15H,8-11H2,1-4H3,(H,27,28,29,30)/t15-/m1/s1. The van der Waals surface area contributed by atoms with Crippen molar-refractivity contribution in [1.82, 2.24) is 19.9 Å². The zero-order chi connectivity index (χ0) is 23.0. The maximum Gasteiger partial charge on any atom is 0.416 e. The lowest BCUT2D eigenvalue weighted by Crippen LogP contribution is -2.44. The van der Waals surface area contributed by atoms with Crippen LogP contribution in [0.25, 0.3) is 11.0 Å². The van der Waals surface area contributed by atoms with Gasteiger partial charge in [-0.25, -0.2) is 15.0 Å². The van der Waals surface area contributed by atoms with Crippen molar-refractivity contribution >= 4 is 22.5 Å². The number of anilines is 2. The van der Waals surface area contributed by atoms with E-state index in [9.17, 15) is 13.2 Å². The smallest absolute Gasteiger partial charge is 0.368 e. The number of nitrogens with zero attached hydrogens (tertiary/aromatic N) is 5. The van der Waals surface area contributed by atoms with Gasteiger partial charge < -0.3 is 15.1 Å². The fourth-order valence-electron chi connectivity index (χ4n) is 4.17. The third kappa shape index (κ3) is 4.48. The zero-order valence-corrected chi connectivity index (χ0v) is 18.7. The lowest BCUT2D eigenvalue weighted by Gasteiger charge is -2.34. The summed E-state index contributed by atoms with van der Waals surface area (Å²) in [5, 5.41) is 4.07. The van der Waals surface area contributed by atoms with Gasteiger partial charge in [0.05, 0.1) is 28.9 Å². The molecule has 0 bridgehead atoms. The average Bonchev–Trinajstić information content (AvgIpc) is 2.73. The number of nitrogens with one attached hydrogen (secondary N) is 1. The Balaban J connectivity index is 1.69. The van der Waals surface area contributed by atoms with Gasteiger partial charge in [0.2, 0.25) is 0 Å². The van der Waals surface area contributed by atoms with Crippen LogP contribution in [0.5, 0.6) is 0 Å². The van der Waals surface area contributed by atoms with Gasteiger partial charge in [-0.2, -0.15) is 13.2 Å². The SMILES string of the molecule is Cc1nc(N[C@H](C)c2cccc(C(F)(F)F)c2C)c2cc(N3CCN(C)CC3)cnc2n1. The molecular weight excluding hydrogens is 417 g/mol. The van der Waals surface area contributed by atoms with Crippen molar-refractivity contribution in [3.05, 3.63) is 53.0 Å². The second kappa shape index (κ2) is 8.54. The van der Waals surface area contributed by atoms with Gasteiger partial charge in [0.25, 0.3) is 0 Å². The molecule has 0 amide bonds. The van der Waals surface area contributed by atoms with E-state index in [0.29, 0.717) is 22.9 Å². The molecule has 0 aliphatic carbocycles. The minimum atomic E-state index is -4.39. The van der Waals surface area contributed by atoms with Gasteiger partial charge in [0.15, 0.2) is 5.65 Å². The maximum absolute atomic E-state index is 13.4. The van der Waals surface area contributed by atoms with Gasteiger partial charge in [-0.15, -0.1) is 0 Å². The summed E-state index contributed by atoms with van der Waals surface area (Å²) in [6.45, 7) is 8.87. The Morgan fingerprint density at radius 2 is 1.78 bits per heavy atom. The molecule has 1 aliphatic rings. The fourth-order valence-corrected chi connectivity index (χ4v) is 4.17. The molecule has 1 saturated heterocycles. The van der Waals surface area contributed by atoms with E-state index < -0.39 is 11.7 Å². The zero-order valence-electron chi connectivity index (χ0n) is 18.7. The van der Waals surface area contributed by atoms with Crippen LogP contribution in [-0.4, -0.2) is 53.1 Å². The van der Waals surface area contributed by atoms with E-state index in [1.807, 2.05) is 19.2 Å². The quantitative estimate of drug-likeness (QED) is 0.636. The number of alkyl halides is 3. The summed E-state index contributed by atoms with van der Waals surface area (Å²) in [7, 11) is 2.10. The van der Waals surface area contributed by atoms with Gasteiger partial charge in [-0.1, -0.05) is 12.1 Å². The van der Waals surface area contributed by atoms with Crippen LogP contribution in [-0.2, 0) is 6.18 Å². The minimum absolute atomic E-state index is 0.214. The molecule has 6 nitrogen and oxygen atoms in total. The summed E-state index contributed by atoms with van der Waals surface area (Å²) in [4.78, 5) is 18.1. The first-order chi connectivity index (χ1) is 15.1. The van der Waals surface area contributed by atoms with Gasteiger partial charge >= 0.3 is 6.18 Å². The Morgan fingerprint density at radius 3 is 2.47 bits per heavy atom. The number of piperazine rings is 1. The molecule has 1 atom stereocenters. The summed E-state index contributed by atoms with van der Waals surface area (Å²) >= 11 is 0. The van der Waals surface area contributed by atoms with E-state index in [0.717, 1.165) is 43.3 Å². The summed E-state index contributed by atoms with van der Waals surface area (Å²) in [5.41, 5.74) is 1.72. The van der Waals surface area contributed by atoms with Crippen LogP contribution in [0.4, 0.5) is 24.7 Å². The first kappa shape index (κ1) is 22.3. The number of hydrogen-bond acceptors (Lipinski definition) is 6. The second-order valence-corrected chi connectivity index (χ2v) is 8.36. The van der Waals surface area contributed by atoms with E-state index in [-0.39, 0.29) is 11.6 Å². The van der Waals surface area contributed by atoms with Gasteiger partial charge in [-0.05, 0) is 51.1 Å². The summed E-state index contributed by atoms with van der Waals surface area (Å²) < 4.78 is 40.1. The topological polar surface area (TPSA) is 57.2 Å². The number of aryl methyl sites for hydroxylation is 1. The Labute approximate surface area is 185 Å². The number of fused-ring (bicyclic) bond motifs is 1. The highest BCUT2D eigenvalue weighted by Gasteiger charge is 2.33. The monoisotopic (exact) mass is 444 g/mol. The van der Waals surface area contributed by atoms with Gasteiger partial charge in [0.1, 0.15) is 11.6 Å². The summed E-state index contributed by atoms with van der Waals surface area (Å²) in [6.07, 6.45) is -2.57. The van der Waals surface area contributed by atoms with E-state index in [1.54, 1.807) is 13.0 Å². The number of hydrogen-bond donors (Lipinski definition) is 1. The number of benzene rings is 1. The molecule has 1 aliphatic heterocycles. The highest BCUT2D eigenvalue weighted by molar-refractivity contribution is 5.89. The Bertz CT molecular complexity index is 1120. The lowest BCUT2D eigenvalue weighted by molar-refractivity contribution is -0.138. The van der Waals surface area contributed by atoms with E-state index in [2.05, 4.69) is 37.1 Å². The number of rotatable bonds is 4. The molecule has 170 valence electrons. The van der Waals surface area contributed by atoms with E-state index in [1.165, 1.54) is 13.0 Å². The Kier molecular flexibility index (Phi) is 5.94. The minimum Gasteiger partial charge on any atom is -0.368 e. The van der Waals surface area contributed by atoms with Crippen LogP contribution in [0.15, 0.2) is 30.5 Å². The van der Waals surface area contributed by atoms with Crippen molar-refractivity contribution in [2.75, 3.05) is 43.4 Å². The molecule has 0 saturated carbocycles. The van der Waals surface area contributed by atoms with Crippen LogP contribution in [0, 0.1) is 13.8 Å². The van der Waals surface area contributed by atoms with E-state index in [4.69, 9.17) is 0 Å². The molecule has 0 spiro atoms. The molecule has 32 heavy (non-hydrogen) atoms. The third-order valence-corrected chi connectivity index (χ3v) is 6.02. The number of halogens is 3. The largest absolute Gasteiger partial charge is 0.416 e. The number of likely N-dealkylation sites (N-methyl/N-ethyl adjacent to an activating group) is 1. The summed E-state index contributed by atoms with van der Waals surface area (Å²) in [5.74, 6) is 1.12. The molecule has 9 heteroatoms. The highest BCUT2D eigenvalue weighted by atomic mass is 19.4. The van der Waals surface area contributed by atoms with Crippen LogP contribution in [0.3, 0.4) is 0 Å². The maximum atomic E-state index is 13.4. The van der Waals surface area contributed by atoms with Crippen molar-refractivity contribution in [1.29, 1.82) is 0 Å². The normalized spacial score (nSPS) is 16.4. The molecule has 2 aromatic heterocycles. The van der Waals surface area contributed by atoms with Crippen molar-refractivity contribution in [2.45, 2.75) is 33.0 Å². The molecule has 0 unspecified atom stereocenters. The molecular formula is C23H27F3N6. The van der Waals surface area contributed by atoms with Gasteiger partial charge in [0, 0.05) is 26.2 Å². The Hall–Kier alpha value is -2.94. The molecule has 3 heterocycles. The molecule has 1 fully saturated rings. The van der Waals surface area contributed by atoms with E-state index >= 15 is 0 Å². The van der Waals surface area contributed by atoms with Crippen LogP contribution < -0.4 is 10.2 Å². The molecule has 0 radical (unpaired) electrons. The van der Waals surface area contributed by atoms with Crippen LogP contribution >= 0.6 is 0 Å². The highest BCUT2D eigenvalue weighted by Crippen LogP contribution is 2.35. The third-order valence-electron chi connectivity index (χ3n) is 6.02. The van der Waals surface area contributed by atoms with Crippen LogP contribution in [0.2, 0.25) is 0 Å². The number of aromatic nitrogens is 3. The predicted octanol–water partition coefficient (Wildman–Crippen LogP) is 4.59. The predicted molar refractivity (Wildman–Crippen MR) is 120 cm³/mol. The van der Waals surface area contributed by atoms with Crippen molar-refractivity contribution in [2.24, 2.45) is 0 Å². The molecule has 3 aromatic rings. The Morgan fingerprint density at radius 1 is 1.06 bits per heavy atom.